The van der Waals surface area contributed by atoms with Crippen LogP contribution in [0.25, 0.3) is 0 Å². The van der Waals surface area contributed by atoms with Crippen molar-refractivity contribution < 1.29 is 24.5 Å². The highest BCUT2D eigenvalue weighted by atomic mass is 35.5. The topological polar surface area (TPSA) is 76.0 Å². The van der Waals surface area contributed by atoms with E-state index in [0.29, 0.717) is 0 Å². The Labute approximate surface area is 97.2 Å². The van der Waals surface area contributed by atoms with Crippen LogP contribution in [0.4, 0.5) is 0 Å². The molecule has 16 heavy (non-hydrogen) atoms. The van der Waals surface area contributed by atoms with Gasteiger partial charge in [0.05, 0.1) is 24.8 Å². The maximum Gasteiger partial charge on any atom is 0.337 e. The molecule has 1 rings (SSSR count). The SMILES string of the molecule is COc1ccc(Cl)c(OC)c1C(O)C(=O)O. The van der Waals surface area contributed by atoms with Gasteiger partial charge in [-0.05, 0) is 12.1 Å². The monoisotopic (exact) mass is 246 g/mol. The number of aliphatic carboxylic acids is 1. The van der Waals surface area contributed by atoms with Gasteiger partial charge in [0.2, 0.25) is 0 Å². The molecule has 0 radical (unpaired) electrons. The van der Waals surface area contributed by atoms with E-state index in [1.165, 1.54) is 26.4 Å². The van der Waals surface area contributed by atoms with Gasteiger partial charge in [-0.1, -0.05) is 11.6 Å². The first-order valence-corrected chi connectivity index (χ1v) is 4.72. The first kappa shape index (κ1) is 12.6. The molecule has 0 amide bonds. The molecular weight excluding hydrogens is 236 g/mol. The van der Waals surface area contributed by atoms with Crippen LogP contribution >= 0.6 is 11.6 Å². The van der Waals surface area contributed by atoms with Crippen molar-refractivity contribution in [2.45, 2.75) is 6.10 Å². The number of hydrogen-bond donors (Lipinski definition) is 2. The lowest BCUT2D eigenvalue weighted by Crippen LogP contribution is -2.13. The molecule has 0 heterocycles. The predicted octanol–water partition coefficient (Wildman–Crippen LogP) is 1.48. The average molecular weight is 247 g/mol. The molecule has 0 bridgehead atoms. The van der Waals surface area contributed by atoms with Crippen molar-refractivity contribution in [1.82, 2.24) is 0 Å². The van der Waals surface area contributed by atoms with E-state index in [9.17, 15) is 9.90 Å². The standard InChI is InChI=1S/C10H11ClO5/c1-15-6-4-3-5(11)9(16-2)7(6)8(12)10(13)14/h3-4,8,12H,1-2H3,(H,13,14). The van der Waals surface area contributed by atoms with Crippen molar-refractivity contribution in [3.8, 4) is 11.5 Å². The Kier molecular flexibility index (Phi) is 3.98. The first-order valence-electron chi connectivity index (χ1n) is 4.34. The molecule has 6 heteroatoms. The fourth-order valence-electron chi connectivity index (χ4n) is 1.32. The fraction of sp³-hybridized carbons (Fsp3) is 0.300. The van der Waals surface area contributed by atoms with Gasteiger partial charge in [-0.15, -0.1) is 0 Å². The molecule has 5 nitrogen and oxygen atoms in total. The fourth-order valence-corrected chi connectivity index (χ4v) is 1.56. The van der Waals surface area contributed by atoms with Crippen molar-refractivity contribution in [3.63, 3.8) is 0 Å². The summed E-state index contributed by atoms with van der Waals surface area (Å²) in [6, 6.07) is 2.96. The Balaban J connectivity index is 3.41. The maximum atomic E-state index is 10.7. The number of rotatable bonds is 4. The molecule has 1 atom stereocenters. The molecule has 0 aliphatic heterocycles. The lowest BCUT2D eigenvalue weighted by molar-refractivity contribution is -0.147. The number of halogens is 1. The molecule has 0 saturated heterocycles. The minimum atomic E-state index is -1.75. The zero-order chi connectivity index (χ0) is 12.3. The second kappa shape index (κ2) is 5.05. The third-order valence-corrected chi connectivity index (χ3v) is 2.34. The highest BCUT2D eigenvalue weighted by Crippen LogP contribution is 2.39. The zero-order valence-corrected chi connectivity index (χ0v) is 9.49. The lowest BCUT2D eigenvalue weighted by Gasteiger charge is -2.16. The Bertz CT molecular complexity index is 404. The molecule has 1 aromatic rings. The van der Waals surface area contributed by atoms with Crippen LogP contribution in [0, 0.1) is 0 Å². The molecule has 0 spiro atoms. The largest absolute Gasteiger partial charge is 0.496 e. The van der Waals surface area contributed by atoms with Crippen molar-refractivity contribution in [3.05, 3.63) is 22.7 Å². The summed E-state index contributed by atoms with van der Waals surface area (Å²) in [5.74, 6) is -1.11. The van der Waals surface area contributed by atoms with Crippen molar-refractivity contribution >= 4 is 17.6 Å². The van der Waals surface area contributed by atoms with Crippen LogP contribution in [-0.4, -0.2) is 30.4 Å². The number of methoxy groups -OCH3 is 2. The van der Waals surface area contributed by atoms with Crippen LogP contribution in [0.1, 0.15) is 11.7 Å². The van der Waals surface area contributed by atoms with Crippen LogP contribution in [-0.2, 0) is 4.79 Å². The van der Waals surface area contributed by atoms with Crippen LogP contribution in [0.15, 0.2) is 12.1 Å². The van der Waals surface area contributed by atoms with Crippen LogP contribution in [0.5, 0.6) is 11.5 Å². The summed E-state index contributed by atoms with van der Waals surface area (Å²) >= 11 is 5.82. The number of carboxylic acid groups (broad SMARTS) is 1. The number of hydrogen-bond acceptors (Lipinski definition) is 4. The summed E-state index contributed by atoms with van der Waals surface area (Å²) in [6.45, 7) is 0. The molecule has 1 aromatic carbocycles. The van der Waals surface area contributed by atoms with Crippen LogP contribution in [0.2, 0.25) is 5.02 Å². The van der Waals surface area contributed by atoms with Crippen LogP contribution in [0.3, 0.4) is 0 Å². The van der Waals surface area contributed by atoms with E-state index in [4.69, 9.17) is 26.2 Å². The highest BCUT2D eigenvalue weighted by Gasteiger charge is 2.26. The molecule has 1 unspecified atom stereocenters. The van der Waals surface area contributed by atoms with Crippen molar-refractivity contribution in [1.29, 1.82) is 0 Å². The highest BCUT2D eigenvalue weighted by molar-refractivity contribution is 6.32. The quantitative estimate of drug-likeness (QED) is 0.842. The van der Waals surface area contributed by atoms with Crippen molar-refractivity contribution in [2.24, 2.45) is 0 Å². The molecule has 0 aliphatic carbocycles. The van der Waals surface area contributed by atoms with Crippen LogP contribution < -0.4 is 9.47 Å². The van der Waals surface area contributed by atoms with E-state index in [0.717, 1.165) is 0 Å². The number of ether oxygens (including phenoxy) is 2. The number of benzene rings is 1. The number of aliphatic hydroxyl groups excluding tert-OH is 1. The Morgan fingerprint density at radius 1 is 1.38 bits per heavy atom. The minimum Gasteiger partial charge on any atom is -0.496 e. The number of aliphatic hydroxyl groups is 1. The van der Waals surface area contributed by atoms with Gasteiger partial charge in [0, 0.05) is 0 Å². The van der Waals surface area contributed by atoms with Gasteiger partial charge in [0.15, 0.2) is 6.10 Å². The number of carbonyl (C=O) groups is 1. The van der Waals surface area contributed by atoms with Gasteiger partial charge < -0.3 is 19.7 Å². The van der Waals surface area contributed by atoms with E-state index in [2.05, 4.69) is 0 Å². The Hall–Kier alpha value is -1.46. The first-order chi connectivity index (χ1) is 7.52. The molecular formula is C10H11ClO5. The molecule has 0 aliphatic rings. The molecule has 0 saturated carbocycles. The van der Waals surface area contributed by atoms with Gasteiger partial charge in [-0.3, -0.25) is 0 Å². The third-order valence-electron chi connectivity index (χ3n) is 2.04. The minimum absolute atomic E-state index is 0.00463. The summed E-state index contributed by atoms with van der Waals surface area (Å²) in [7, 11) is 2.69. The summed E-state index contributed by atoms with van der Waals surface area (Å²) < 4.78 is 9.91. The van der Waals surface area contributed by atoms with E-state index in [1.54, 1.807) is 0 Å². The second-order valence-electron chi connectivity index (χ2n) is 2.94. The summed E-state index contributed by atoms with van der Waals surface area (Å²) in [5, 5.41) is 18.5. The second-order valence-corrected chi connectivity index (χ2v) is 3.34. The molecule has 0 fully saturated rings. The normalized spacial score (nSPS) is 12.0. The smallest absolute Gasteiger partial charge is 0.337 e. The van der Waals surface area contributed by atoms with Gasteiger partial charge in [-0.25, -0.2) is 4.79 Å². The van der Waals surface area contributed by atoms with E-state index in [1.807, 2.05) is 0 Å². The van der Waals surface area contributed by atoms with Crippen molar-refractivity contribution in [2.75, 3.05) is 14.2 Å². The van der Waals surface area contributed by atoms with E-state index in [-0.39, 0.29) is 22.1 Å². The molecule has 88 valence electrons. The van der Waals surface area contributed by atoms with Gasteiger partial charge in [0.25, 0.3) is 0 Å². The van der Waals surface area contributed by atoms with E-state index >= 15 is 0 Å². The summed E-state index contributed by atoms with van der Waals surface area (Å²) in [5.41, 5.74) is 0.00463. The van der Waals surface area contributed by atoms with Gasteiger partial charge >= 0.3 is 5.97 Å². The molecule has 2 N–H and O–H groups in total. The third kappa shape index (κ3) is 2.20. The summed E-state index contributed by atoms with van der Waals surface area (Å²) in [6.07, 6.45) is -1.75. The lowest BCUT2D eigenvalue weighted by atomic mass is 10.1. The predicted molar refractivity (Wildman–Crippen MR) is 57.2 cm³/mol. The maximum absolute atomic E-state index is 10.7. The molecule has 0 aromatic heterocycles. The number of carboxylic acids is 1. The zero-order valence-electron chi connectivity index (χ0n) is 8.73. The Morgan fingerprint density at radius 2 is 2.00 bits per heavy atom. The Morgan fingerprint density at radius 3 is 2.44 bits per heavy atom. The summed E-state index contributed by atoms with van der Waals surface area (Å²) in [4.78, 5) is 10.7. The van der Waals surface area contributed by atoms with E-state index < -0.39 is 12.1 Å². The average Bonchev–Trinajstić information content (AvgIpc) is 2.27. The van der Waals surface area contributed by atoms with Gasteiger partial charge in [-0.2, -0.15) is 0 Å². The van der Waals surface area contributed by atoms with Gasteiger partial charge in [0.1, 0.15) is 11.5 Å².